The fourth-order valence-electron chi connectivity index (χ4n) is 1.45. The molecule has 1 heterocycles. The second kappa shape index (κ2) is 3.03. The van der Waals surface area contributed by atoms with Crippen LogP contribution in [-0.4, -0.2) is 9.78 Å². The lowest BCUT2D eigenvalue weighted by atomic mass is 10.2. The van der Waals surface area contributed by atoms with Crippen LogP contribution in [0.1, 0.15) is 6.92 Å². The number of nitrogens with two attached hydrogens (primary N) is 1. The van der Waals surface area contributed by atoms with Crippen molar-refractivity contribution in [3.63, 3.8) is 0 Å². The van der Waals surface area contributed by atoms with Crippen molar-refractivity contribution in [2.75, 3.05) is 5.73 Å². The van der Waals surface area contributed by atoms with E-state index in [2.05, 4.69) is 28.0 Å². The Morgan fingerprint density at radius 2 is 2.31 bits per heavy atom. The fourth-order valence-corrected chi connectivity index (χ4v) is 2.07. The molecule has 0 atom stereocenters. The van der Waals surface area contributed by atoms with Gasteiger partial charge in [-0.1, -0.05) is 6.07 Å². The Kier molecular flexibility index (Phi) is 2.00. The largest absolute Gasteiger partial charge is 0.398 e. The Morgan fingerprint density at radius 3 is 3.00 bits per heavy atom. The third kappa shape index (κ3) is 1.21. The van der Waals surface area contributed by atoms with E-state index in [-0.39, 0.29) is 0 Å². The van der Waals surface area contributed by atoms with Crippen molar-refractivity contribution in [3.05, 3.63) is 22.8 Å². The lowest BCUT2D eigenvalue weighted by Gasteiger charge is -1.98. The standard InChI is InChI=1S/C9H10BrN3/c1-2-13-7-5-3-4-6(11)8(7)9(10)12-13/h3-5H,2,11H2,1H3. The first-order chi connectivity index (χ1) is 6.24. The molecule has 68 valence electrons. The minimum Gasteiger partial charge on any atom is -0.398 e. The van der Waals surface area contributed by atoms with Crippen molar-refractivity contribution in [3.8, 4) is 0 Å². The summed E-state index contributed by atoms with van der Waals surface area (Å²) in [6, 6.07) is 5.85. The molecular weight excluding hydrogens is 230 g/mol. The SMILES string of the molecule is CCn1nc(Br)c2c(N)cccc21. The quantitative estimate of drug-likeness (QED) is 0.778. The molecule has 0 radical (unpaired) electrons. The summed E-state index contributed by atoms with van der Waals surface area (Å²) >= 11 is 3.40. The van der Waals surface area contributed by atoms with E-state index in [9.17, 15) is 0 Å². The molecule has 1 aromatic heterocycles. The predicted octanol–water partition coefficient (Wildman–Crippen LogP) is 2.40. The monoisotopic (exact) mass is 239 g/mol. The maximum absolute atomic E-state index is 5.84. The molecule has 0 amide bonds. The first-order valence-electron chi connectivity index (χ1n) is 4.14. The third-order valence-electron chi connectivity index (χ3n) is 2.07. The average Bonchev–Trinajstić information content (AvgIpc) is 2.44. The van der Waals surface area contributed by atoms with Crippen LogP contribution in [0.15, 0.2) is 22.8 Å². The molecule has 1 aromatic carbocycles. The second-order valence-corrected chi connectivity index (χ2v) is 3.60. The van der Waals surface area contributed by atoms with Crippen LogP contribution < -0.4 is 5.73 Å². The van der Waals surface area contributed by atoms with Gasteiger partial charge in [-0.05, 0) is 35.0 Å². The van der Waals surface area contributed by atoms with Gasteiger partial charge in [0.05, 0.1) is 10.9 Å². The first kappa shape index (κ1) is 8.56. The van der Waals surface area contributed by atoms with Crippen LogP contribution in [0.2, 0.25) is 0 Å². The van der Waals surface area contributed by atoms with Gasteiger partial charge in [0.15, 0.2) is 0 Å². The zero-order chi connectivity index (χ0) is 9.42. The summed E-state index contributed by atoms with van der Waals surface area (Å²) in [5.41, 5.74) is 7.69. The van der Waals surface area contributed by atoms with Crippen LogP contribution in [0, 0.1) is 0 Å². The zero-order valence-corrected chi connectivity index (χ0v) is 8.87. The molecule has 0 spiro atoms. The molecular formula is C9H10BrN3. The summed E-state index contributed by atoms with van der Waals surface area (Å²) < 4.78 is 2.75. The van der Waals surface area contributed by atoms with Crippen LogP contribution in [-0.2, 0) is 6.54 Å². The second-order valence-electron chi connectivity index (χ2n) is 2.85. The third-order valence-corrected chi connectivity index (χ3v) is 2.62. The van der Waals surface area contributed by atoms with Crippen LogP contribution in [0.3, 0.4) is 0 Å². The number of aryl methyl sites for hydroxylation is 1. The van der Waals surface area contributed by atoms with Gasteiger partial charge in [-0.2, -0.15) is 5.10 Å². The van der Waals surface area contributed by atoms with Crippen molar-refractivity contribution in [2.24, 2.45) is 0 Å². The van der Waals surface area contributed by atoms with E-state index in [1.54, 1.807) is 0 Å². The molecule has 13 heavy (non-hydrogen) atoms. The Balaban J connectivity index is 2.87. The summed E-state index contributed by atoms with van der Waals surface area (Å²) in [6.07, 6.45) is 0. The van der Waals surface area contributed by atoms with Gasteiger partial charge in [-0.25, -0.2) is 0 Å². The van der Waals surface area contributed by atoms with Crippen molar-refractivity contribution in [1.29, 1.82) is 0 Å². The Labute approximate surface area is 84.7 Å². The maximum Gasteiger partial charge on any atom is 0.138 e. The minimum absolute atomic E-state index is 0.768. The number of hydrogen-bond donors (Lipinski definition) is 1. The lowest BCUT2D eigenvalue weighted by Crippen LogP contribution is -1.95. The Hall–Kier alpha value is -1.03. The molecule has 2 N–H and O–H groups in total. The molecule has 0 aliphatic rings. The van der Waals surface area contributed by atoms with E-state index >= 15 is 0 Å². The number of nitrogen functional groups attached to an aromatic ring is 1. The number of hydrogen-bond acceptors (Lipinski definition) is 2. The number of aromatic nitrogens is 2. The summed E-state index contributed by atoms with van der Waals surface area (Å²) in [5.74, 6) is 0. The summed E-state index contributed by atoms with van der Waals surface area (Å²) in [6.45, 7) is 2.91. The number of rotatable bonds is 1. The van der Waals surface area contributed by atoms with Crippen molar-refractivity contribution >= 4 is 32.5 Å². The molecule has 0 saturated heterocycles. The fraction of sp³-hybridized carbons (Fsp3) is 0.222. The van der Waals surface area contributed by atoms with Crippen molar-refractivity contribution in [2.45, 2.75) is 13.5 Å². The number of fused-ring (bicyclic) bond motifs is 1. The van der Waals surface area contributed by atoms with E-state index in [1.807, 2.05) is 22.9 Å². The van der Waals surface area contributed by atoms with E-state index < -0.39 is 0 Å². The maximum atomic E-state index is 5.84. The highest BCUT2D eigenvalue weighted by molar-refractivity contribution is 9.10. The number of anilines is 1. The van der Waals surface area contributed by atoms with Gasteiger partial charge in [0.1, 0.15) is 4.60 Å². The van der Waals surface area contributed by atoms with Crippen LogP contribution >= 0.6 is 15.9 Å². The van der Waals surface area contributed by atoms with Gasteiger partial charge in [-0.3, -0.25) is 4.68 Å². The topological polar surface area (TPSA) is 43.8 Å². The van der Waals surface area contributed by atoms with Gasteiger partial charge < -0.3 is 5.73 Å². The van der Waals surface area contributed by atoms with Gasteiger partial charge in [0.2, 0.25) is 0 Å². The van der Waals surface area contributed by atoms with Crippen molar-refractivity contribution in [1.82, 2.24) is 9.78 Å². The van der Waals surface area contributed by atoms with Gasteiger partial charge >= 0.3 is 0 Å². The predicted molar refractivity (Wildman–Crippen MR) is 57.5 cm³/mol. The Morgan fingerprint density at radius 1 is 1.54 bits per heavy atom. The molecule has 0 aliphatic carbocycles. The summed E-state index contributed by atoms with van der Waals surface area (Å²) in [7, 11) is 0. The van der Waals surface area contributed by atoms with Crippen LogP contribution in [0.25, 0.3) is 10.9 Å². The number of nitrogens with zero attached hydrogens (tertiary/aromatic N) is 2. The summed E-state index contributed by atoms with van der Waals surface area (Å²) in [5, 5.41) is 5.33. The molecule has 3 nitrogen and oxygen atoms in total. The van der Waals surface area contributed by atoms with Crippen LogP contribution in [0.4, 0.5) is 5.69 Å². The highest BCUT2D eigenvalue weighted by Gasteiger charge is 2.08. The molecule has 0 saturated carbocycles. The molecule has 4 heteroatoms. The molecule has 2 aromatic rings. The highest BCUT2D eigenvalue weighted by atomic mass is 79.9. The van der Waals surface area contributed by atoms with Gasteiger partial charge in [-0.15, -0.1) is 0 Å². The first-order valence-corrected chi connectivity index (χ1v) is 4.94. The highest BCUT2D eigenvalue weighted by Crippen LogP contribution is 2.28. The van der Waals surface area contributed by atoms with Gasteiger partial charge in [0.25, 0.3) is 0 Å². The smallest absolute Gasteiger partial charge is 0.138 e. The molecule has 0 fully saturated rings. The normalized spacial score (nSPS) is 10.9. The molecule has 2 rings (SSSR count). The van der Waals surface area contributed by atoms with E-state index in [4.69, 9.17) is 5.73 Å². The lowest BCUT2D eigenvalue weighted by molar-refractivity contribution is 0.678. The Bertz CT molecular complexity index is 447. The molecule has 0 unspecified atom stereocenters. The minimum atomic E-state index is 0.768. The van der Waals surface area contributed by atoms with E-state index in [1.165, 1.54) is 0 Å². The number of benzene rings is 1. The number of halogens is 1. The van der Waals surface area contributed by atoms with Gasteiger partial charge in [0, 0.05) is 12.2 Å². The van der Waals surface area contributed by atoms with E-state index in [0.29, 0.717) is 0 Å². The van der Waals surface area contributed by atoms with Crippen LogP contribution in [0.5, 0.6) is 0 Å². The van der Waals surface area contributed by atoms with E-state index in [0.717, 1.165) is 27.7 Å². The molecule has 0 aliphatic heterocycles. The zero-order valence-electron chi connectivity index (χ0n) is 7.29. The molecule has 0 bridgehead atoms. The average molecular weight is 240 g/mol. The van der Waals surface area contributed by atoms with Crippen molar-refractivity contribution < 1.29 is 0 Å². The summed E-state index contributed by atoms with van der Waals surface area (Å²) in [4.78, 5) is 0.